The van der Waals surface area contributed by atoms with Gasteiger partial charge >= 0.3 is 0 Å². The second-order valence-corrected chi connectivity index (χ2v) is 9.61. The SMILES string of the molecule is O=C(CN1CCN(S(=O)(=O)c2c[nH]c3ncccc23)CC1)Nc1ccc(Br)cc1. The molecule has 152 valence electrons. The Kier molecular flexibility index (Phi) is 5.68. The van der Waals surface area contributed by atoms with E-state index in [1.54, 1.807) is 18.3 Å². The largest absolute Gasteiger partial charge is 0.345 e. The molecule has 1 aliphatic heterocycles. The van der Waals surface area contributed by atoms with Gasteiger partial charge in [0.15, 0.2) is 0 Å². The van der Waals surface area contributed by atoms with Gasteiger partial charge in [0.25, 0.3) is 0 Å². The highest BCUT2D eigenvalue weighted by molar-refractivity contribution is 9.10. The monoisotopic (exact) mass is 477 g/mol. The maximum Gasteiger partial charge on any atom is 0.245 e. The summed E-state index contributed by atoms with van der Waals surface area (Å²) in [6.45, 7) is 1.88. The van der Waals surface area contributed by atoms with Crippen molar-refractivity contribution < 1.29 is 13.2 Å². The number of anilines is 1. The van der Waals surface area contributed by atoms with Crippen LogP contribution in [0.25, 0.3) is 11.0 Å². The number of rotatable bonds is 5. The number of nitrogens with one attached hydrogen (secondary N) is 2. The summed E-state index contributed by atoms with van der Waals surface area (Å²) in [4.78, 5) is 21.5. The van der Waals surface area contributed by atoms with E-state index in [4.69, 9.17) is 0 Å². The van der Waals surface area contributed by atoms with Crippen LogP contribution in [-0.4, -0.2) is 66.2 Å². The van der Waals surface area contributed by atoms with E-state index >= 15 is 0 Å². The first kappa shape index (κ1) is 20.0. The lowest BCUT2D eigenvalue weighted by molar-refractivity contribution is -0.117. The number of pyridine rings is 1. The third kappa shape index (κ3) is 4.35. The first-order valence-electron chi connectivity index (χ1n) is 9.13. The Morgan fingerprint density at radius 2 is 1.86 bits per heavy atom. The molecule has 0 radical (unpaired) electrons. The van der Waals surface area contributed by atoms with Crippen molar-refractivity contribution in [3.05, 3.63) is 53.3 Å². The van der Waals surface area contributed by atoms with Gasteiger partial charge in [-0.1, -0.05) is 15.9 Å². The summed E-state index contributed by atoms with van der Waals surface area (Å²) in [6, 6.07) is 10.8. The summed E-state index contributed by atoms with van der Waals surface area (Å²) < 4.78 is 28.5. The summed E-state index contributed by atoms with van der Waals surface area (Å²) in [5, 5.41) is 3.44. The molecule has 0 atom stereocenters. The quantitative estimate of drug-likeness (QED) is 0.587. The number of halogens is 1. The third-order valence-electron chi connectivity index (χ3n) is 4.86. The summed E-state index contributed by atoms with van der Waals surface area (Å²) in [5.74, 6) is -0.119. The maximum atomic E-state index is 13.0. The minimum absolute atomic E-state index is 0.119. The molecule has 0 bridgehead atoms. The van der Waals surface area contributed by atoms with Gasteiger partial charge in [-0.15, -0.1) is 0 Å². The molecule has 29 heavy (non-hydrogen) atoms. The van der Waals surface area contributed by atoms with Crippen LogP contribution in [0.5, 0.6) is 0 Å². The van der Waals surface area contributed by atoms with Gasteiger partial charge in [0.2, 0.25) is 15.9 Å². The van der Waals surface area contributed by atoms with Crippen LogP contribution >= 0.6 is 15.9 Å². The van der Waals surface area contributed by atoms with E-state index in [1.807, 2.05) is 29.2 Å². The molecule has 1 saturated heterocycles. The summed E-state index contributed by atoms with van der Waals surface area (Å²) in [6.07, 6.45) is 3.11. The predicted octanol–water partition coefficient (Wildman–Crippen LogP) is 2.27. The van der Waals surface area contributed by atoms with Gasteiger partial charge in [0, 0.05) is 54.1 Å². The van der Waals surface area contributed by atoms with Gasteiger partial charge < -0.3 is 10.3 Å². The zero-order valence-corrected chi connectivity index (χ0v) is 17.9. The van der Waals surface area contributed by atoms with Gasteiger partial charge in [0.05, 0.1) is 6.54 Å². The molecule has 10 heteroatoms. The van der Waals surface area contributed by atoms with Crippen LogP contribution in [0.15, 0.2) is 58.2 Å². The minimum Gasteiger partial charge on any atom is -0.345 e. The topological polar surface area (TPSA) is 98.4 Å². The number of carbonyl (C=O) groups excluding carboxylic acids is 1. The van der Waals surface area contributed by atoms with Crippen molar-refractivity contribution >= 4 is 48.6 Å². The number of amides is 1. The van der Waals surface area contributed by atoms with Crippen molar-refractivity contribution in [2.45, 2.75) is 4.90 Å². The first-order valence-corrected chi connectivity index (χ1v) is 11.4. The van der Waals surface area contributed by atoms with Crippen LogP contribution in [0.2, 0.25) is 0 Å². The number of benzene rings is 1. The summed E-state index contributed by atoms with van der Waals surface area (Å²) in [5.41, 5.74) is 1.28. The average Bonchev–Trinajstić information content (AvgIpc) is 3.15. The Morgan fingerprint density at radius 3 is 2.59 bits per heavy atom. The number of fused-ring (bicyclic) bond motifs is 1. The summed E-state index contributed by atoms with van der Waals surface area (Å²) in [7, 11) is -3.62. The number of aromatic nitrogens is 2. The zero-order valence-electron chi connectivity index (χ0n) is 15.5. The summed E-state index contributed by atoms with van der Waals surface area (Å²) >= 11 is 3.36. The molecule has 1 aliphatic rings. The molecule has 8 nitrogen and oxygen atoms in total. The Bertz CT molecular complexity index is 1120. The fourth-order valence-electron chi connectivity index (χ4n) is 3.35. The highest BCUT2D eigenvalue weighted by atomic mass is 79.9. The van der Waals surface area contributed by atoms with Crippen molar-refractivity contribution in [1.82, 2.24) is 19.2 Å². The standard InChI is InChI=1S/C19H20BrN5O3S/c20-14-3-5-15(6-4-14)23-18(26)13-24-8-10-25(11-9-24)29(27,28)17-12-22-19-16(17)2-1-7-21-19/h1-7,12H,8-11,13H2,(H,21,22)(H,23,26). The lowest BCUT2D eigenvalue weighted by Crippen LogP contribution is -2.50. The van der Waals surface area contributed by atoms with E-state index in [-0.39, 0.29) is 17.3 Å². The predicted molar refractivity (Wildman–Crippen MR) is 114 cm³/mol. The first-order chi connectivity index (χ1) is 13.9. The van der Waals surface area contributed by atoms with Gasteiger partial charge in [-0.3, -0.25) is 9.69 Å². The van der Waals surface area contributed by atoms with Crippen LogP contribution in [0, 0.1) is 0 Å². The van der Waals surface area contributed by atoms with Gasteiger partial charge in [-0.25, -0.2) is 13.4 Å². The minimum atomic E-state index is -3.62. The number of hydrogen-bond acceptors (Lipinski definition) is 5. The molecule has 0 aliphatic carbocycles. The van der Waals surface area contributed by atoms with E-state index in [1.165, 1.54) is 10.5 Å². The lowest BCUT2D eigenvalue weighted by Gasteiger charge is -2.33. The molecular formula is C19H20BrN5O3S. The molecule has 4 rings (SSSR count). The van der Waals surface area contributed by atoms with E-state index < -0.39 is 10.0 Å². The molecule has 2 aromatic heterocycles. The van der Waals surface area contributed by atoms with Crippen molar-refractivity contribution in [3.63, 3.8) is 0 Å². The Hall–Kier alpha value is -2.27. The van der Waals surface area contributed by atoms with Crippen LogP contribution in [0.1, 0.15) is 0 Å². The van der Waals surface area contributed by atoms with E-state index in [0.717, 1.165) is 10.2 Å². The number of nitrogens with zero attached hydrogens (tertiary/aromatic N) is 3. The molecule has 0 unspecified atom stereocenters. The number of carbonyl (C=O) groups is 1. The fraction of sp³-hybridized carbons (Fsp3) is 0.263. The molecule has 1 aromatic carbocycles. The number of aromatic amines is 1. The Balaban J connectivity index is 1.36. The molecule has 0 saturated carbocycles. The molecule has 3 aromatic rings. The molecule has 1 amide bonds. The molecule has 0 spiro atoms. The second-order valence-electron chi connectivity index (χ2n) is 6.79. The van der Waals surface area contributed by atoms with E-state index in [9.17, 15) is 13.2 Å². The van der Waals surface area contributed by atoms with Crippen LogP contribution < -0.4 is 5.32 Å². The Morgan fingerprint density at radius 1 is 1.14 bits per heavy atom. The van der Waals surface area contributed by atoms with Gasteiger partial charge in [-0.2, -0.15) is 4.31 Å². The smallest absolute Gasteiger partial charge is 0.245 e. The second kappa shape index (κ2) is 8.23. The van der Waals surface area contributed by atoms with E-state index in [2.05, 4.69) is 31.2 Å². The number of hydrogen-bond donors (Lipinski definition) is 2. The Labute approximate surface area is 177 Å². The lowest BCUT2D eigenvalue weighted by atomic mass is 10.3. The number of piperazine rings is 1. The van der Waals surface area contributed by atoms with Crippen molar-refractivity contribution in [1.29, 1.82) is 0 Å². The number of sulfonamides is 1. The zero-order chi connectivity index (χ0) is 20.4. The van der Waals surface area contributed by atoms with E-state index in [0.29, 0.717) is 37.2 Å². The van der Waals surface area contributed by atoms with Crippen molar-refractivity contribution in [3.8, 4) is 0 Å². The maximum absolute atomic E-state index is 13.0. The molecule has 2 N–H and O–H groups in total. The van der Waals surface area contributed by atoms with Gasteiger partial charge in [-0.05, 0) is 36.4 Å². The normalized spacial score (nSPS) is 16.2. The highest BCUT2D eigenvalue weighted by Crippen LogP contribution is 2.25. The van der Waals surface area contributed by atoms with Crippen molar-refractivity contribution in [2.75, 3.05) is 38.0 Å². The van der Waals surface area contributed by atoms with Crippen LogP contribution in [0.4, 0.5) is 5.69 Å². The highest BCUT2D eigenvalue weighted by Gasteiger charge is 2.31. The molecule has 3 heterocycles. The van der Waals surface area contributed by atoms with Crippen molar-refractivity contribution in [2.24, 2.45) is 0 Å². The average molecular weight is 478 g/mol. The molecule has 1 fully saturated rings. The van der Waals surface area contributed by atoms with Crippen LogP contribution in [0.3, 0.4) is 0 Å². The molecular weight excluding hydrogens is 458 g/mol. The third-order valence-corrected chi connectivity index (χ3v) is 7.32. The van der Waals surface area contributed by atoms with Crippen LogP contribution in [-0.2, 0) is 14.8 Å². The van der Waals surface area contributed by atoms with Gasteiger partial charge in [0.1, 0.15) is 10.5 Å². The fourth-order valence-corrected chi connectivity index (χ4v) is 5.19. The number of H-pyrrole nitrogens is 1.